The molecule has 0 spiro atoms. The van der Waals surface area contributed by atoms with Crippen LogP contribution in [0.1, 0.15) is 24.1 Å². The Morgan fingerprint density at radius 3 is 2.85 bits per heavy atom. The zero-order valence-corrected chi connectivity index (χ0v) is 12.8. The van der Waals surface area contributed by atoms with Crippen LogP contribution in [0.3, 0.4) is 0 Å². The summed E-state index contributed by atoms with van der Waals surface area (Å²) >= 11 is 11.7. The molecule has 3 aromatic rings. The molecule has 3 nitrogen and oxygen atoms in total. The fraction of sp³-hybridized carbons (Fsp3) is 0.200. The number of aromatic amines is 1. The molecule has 0 saturated carbocycles. The molecule has 0 bridgehead atoms. The van der Waals surface area contributed by atoms with E-state index in [2.05, 4.69) is 16.9 Å². The minimum Gasteiger partial charge on any atom is -0.329 e. The Labute approximate surface area is 127 Å². The van der Waals surface area contributed by atoms with E-state index < -0.39 is 0 Å². The van der Waals surface area contributed by atoms with Crippen LogP contribution in [0.15, 0.2) is 36.5 Å². The number of nitrogens with one attached hydrogen (secondary N) is 1. The molecular formula is C15H14ClN3S. The predicted octanol–water partition coefficient (Wildman–Crippen LogP) is 4.67. The molecule has 1 unspecified atom stereocenters. The van der Waals surface area contributed by atoms with Crippen LogP contribution < -0.4 is 0 Å². The molecule has 0 fully saturated rings. The number of H-pyrrole nitrogens is 1. The Morgan fingerprint density at radius 1 is 1.35 bits per heavy atom. The van der Waals surface area contributed by atoms with E-state index in [1.165, 1.54) is 0 Å². The fourth-order valence-corrected chi connectivity index (χ4v) is 3.08. The van der Waals surface area contributed by atoms with Crippen LogP contribution in [-0.2, 0) is 0 Å². The van der Waals surface area contributed by atoms with Crippen molar-refractivity contribution in [1.29, 1.82) is 0 Å². The van der Waals surface area contributed by atoms with Gasteiger partial charge in [-0.25, -0.2) is 4.98 Å². The van der Waals surface area contributed by atoms with Crippen LogP contribution in [0.2, 0.25) is 5.02 Å². The van der Waals surface area contributed by atoms with Gasteiger partial charge in [-0.15, -0.1) is 0 Å². The van der Waals surface area contributed by atoms with E-state index in [9.17, 15) is 0 Å². The average Bonchev–Trinajstić information content (AvgIpc) is 2.73. The van der Waals surface area contributed by atoms with Crippen LogP contribution in [0.25, 0.3) is 11.2 Å². The van der Waals surface area contributed by atoms with Crippen molar-refractivity contribution in [3.05, 3.63) is 57.4 Å². The SMILES string of the molecule is Cc1cnc2c(c1)[nH]c(=S)n2C(C)c1ccccc1Cl. The van der Waals surface area contributed by atoms with Crippen molar-refractivity contribution in [2.75, 3.05) is 0 Å². The van der Waals surface area contributed by atoms with Gasteiger partial charge in [0.2, 0.25) is 0 Å². The molecule has 102 valence electrons. The molecule has 2 aromatic heterocycles. The predicted molar refractivity (Wildman–Crippen MR) is 84.9 cm³/mol. The number of pyridine rings is 1. The summed E-state index contributed by atoms with van der Waals surface area (Å²) in [4.78, 5) is 7.71. The molecule has 0 amide bonds. The first-order valence-electron chi connectivity index (χ1n) is 6.39. The first-order valence-corrected chi connectivity index (χ1v) is 7.18. The summed E-state index contributed by atoms with van der Waals surface area (Å²) in [6.45, 7) is 4.09. The summed E-state index contributed by atoms with van der Waals surface area (Å²) < 4.78 is 2.66. The lowest BCUT2D eigenvalue weighted by atomic mass is 10.1. The average molecular weight is 304 g/mol. The number of fused-ring (bicyclic) bond motifs is 1. The van der Waals surface area contributed by atoms with Crippen LogP contribution in [0.4, 0.5) is 0 Å². The summed E-state index contributed by atoms with van der Waals surface area (Å²) in [5.74, 6) is 0. The van der Waals surface area contributed by atoms with Crippen molar-refractivity contribution < 1.29 is 0 Å². The molecule has 20 heavy (non-hydrogen) atoms. The Bertz CT molecular complexity index is 834. The highest BCUT2D eigenvalue weighted by Gasteiger charge is 2.16. The summed E-state index contributed by atoms with van der Waals surface area (Å²) in [7, 11) is 0. The van der Waals surface area contributed by atoms with E-state index in [4.69, 9.17) is 23.8 Å². The van der Waals surface area contributed by atoms with Gasteiger partial charge >= 0.3 is 0 Å². The van der Waals surface area contributed by atoms with Crippen molar-refractivity contribution in [2.45, 2.75) is 19.9 Å². The Kier molecular flexibility index (Phi) is 3.36. The Hall–Kier alpha value is -1.65. The zero-order valence-electron chi connectivity index (χ0n) is 11.2. The number of aromatic nitrogens is 3. The van der Waals surface area contributed by atoms with Gasteiger partial charge in [0.05, 0.1) is 11.6 Å². The zero-order chi connectivity index (χ0) is 14.3. The Balaban J connectivity index is 2.22. The number of hydrogen-bond donors (Lipinski definition) is 1. The van der Waals surface area contributed by atoms with Crippen LogP contribution in [0.5, 0.6) is 0 Å². The summed E-state index contributed by atoms with van der Waals surface area (Å²) in [5, 5.41) is 0.739. The second kappa shape index (κ2) is 5.04. The number of imidazole rings is 1. The quantitative estimate of drug-likeness (QED) is 0.698. The maximum absolute atomic E-state index is 6.29. The highest BCUT2D eigenvalue weighted by molar-refractivity contribution is 7.71. The van der Waals surface area contributed by atoms with Gasteiger partial charge in [-0.3, -0.25) is 4.57 Å². The van der Waals surface area contributed by atoms with Crippen molar-refractivity contribution in [1.82, 2.24) is 14.5 Å². The minimum atomic E-state index is 0.0279. The van der Waals surface area contributed by atoms with Gasteiger partial charge in [0.25, 0.3) is 0 Å². The van der Waals surface area contributed by atoms with Crippen LogP contribution in [0, 0.1) is 11.7 Å². The normalized spacial score (nSPS) is 12.8. The lowest BCUT2D eigenvalue weighted by Gasteiger charge is -2.15. The molecule has 0 aliphatic rings. The van der Waals surface area contributed by atoms with E-state index in [-0.39, 0.29) is 6.04 Å². The fourth-order valence-electron chi connectivity index (χ4n) is 2.43. The Morgan fingerprint density at radius 2 is 2.10 bits per heavy atom. The maximum atomic E-state index is 6.29. The second-order valence-electron chi connectivity index (χ2n) is 4.88. The standard InChI is InChI=1S/C15H14ClN3S/c1-9-7-13-14(17-8-9)19(15(20)18-13)10(2)11-5-3-4-6-12(11)16/h3-8,10H,1-2H3,(H,18,20). The number of rotatable bonds is 2. The number of benzene rings is 1. The molecule has 0 saturated heterocycles. The summed E-state index contributed by atoms with van der Waals surface area (Å²) in [5.41, 5.74) is 3.95. The summed E-state index contributed by atoms with van der Waals surface area (Å²) in [6.07, 6.45) is 1.85. The van der Waals surface area contributed by atoms with Crippen LogP contribution in [-0.4, -0.2) is 14.5 Å². The largest absolute Gasteiger partial charge is 0.329 e. The van der Waals surface area contributed by atoms with Crippen molar-refractivity contribution in [2.24, 2.45) is 0 Å². The van der Waals surface area contributed by atoms with Crippen molar-refractivity contribution in [3.63, 3.8) is 0 Å². The molecule has 1 atom stereocenters. The van der Waals surface area contributed by atoms with Crippen molar-refractivity contribution in [3.8, 4) is 0 Å². The van der Waals surface area contributed by atoms with E-state index in [1.54, 1.807) is 0 Å². The van der Waals surface area contributed by atoms with Gasteiger partial charge in [0, 0.05) is 11.2 Å². The molecule has 5 heteroatoms. The topological polar surface area (TPSA) is 33.6 Å². The van der Waals surface area contributed by atoms with E-state index in [1.807, 2.05) is 48.0 Å². The van der Waals surface area contributed by atoms with Gasteiger partial charge in [-0.05, 0) is 49.3 Å². The highest BCUT2D eigenvalue weighted by Crippen LogP contribution is 2.28. The first kappa shape index (κ1) is 13.3. The molecular weight excluding hydrogens is 290 g/mol. The van der Waals surface area contributed by atoms with E-state index in [0.717, 1.165) is 27.3 Å². The van der Waals surface area contributed by atoms with Gasteiger partial charge in [-0.2, -0.15) is 0 Å². The lowest BCUT2D eigenvalue weighted by molar-refractivity contribution is 0.644. The number of hydrogen-bond acceptors (Lipinski definition) is 2. The molecule has 2 heterocycles. The third-order valence-electron chi connectivity index (χ3n) is 3.43. The minimum absolute atomic E-state index is 0.0279. The number of nitrogens with zero attached hydrogens (tertiary/aromatic N) is 2. The third-order valence-corrected chi connectivity index (χ3v) is 4.08. The smallest absolute Gasteiger partial charge is 0.179 e. The van der Waals surface area contributed by atoms with Gasteiger partial charge in [-0.1, -0.05) is 29.8 Å². The summed E-state index contributed by atoms with van der Waals surface area (Å²) in [6, 6.07) is 9.89. The number of halogens is 1. The third kappa shape index (κ3) is 2.15. The molecule has 1 N–H and O–H groups in total. The molecule has 0 aliphatic carbocycles. The highest BCUT2D eigenvalue weighted by atomic mass is 35.5. The molecule has 0 aliphatic heterocycles. The van der Waals surface area contributed by atoms with Gasteiger partial charge < -0.3 is 4.98 Å². The van der Waals surface area contributed by atoms with Gasteiger partial charge in [0.1, 0.15) is 0 Å². The van der Waals surface area contributed by atoms with E-state index in [0.29, 0.717) is 4.77 Å². The molecule has 1 aromatic carbocycles. The monoisotopic (exact) mass is 303 g/mol. The second-order valence-corrected chi connectivity index (χ2v) is 5.68. The number of aryl methyl sites for hydroxylation is 1. The lowest BCUT2D eigenvalue weighted by Crippen LogP contribution is -2.08. The molecule has 0 radical (unpaired) electrons. The van der Waals surface area contributed by atoms with Gasteiger partial charge in [0.15, 0.2) is 10.4 Å². The van der Waals surface area contributed by atoms with Crippen LogP contribution >= 0.6 is 23.8 Å². The van der Waals surface area contributed by atoms with Crippen molar-refractivity contribution >= 4 is 35.0 Å². The first-order chi connectivity index (χ1) is 9.58. The van der Waals surface area contributed by atoms with E-state index >= 15 is 0 Å². The molecule has 3 rings (SSSR count). The maximum Gasteiger partial charge on any atom is 0.179 e.